The fourth-order valence-electron chi connectivity index (χ4n) is 4.16. The highest BCUT2D eigenvalue weighted by atomic mass is 32.2. The molecule has 2 amide bonds. The van der Waals surface area contributed by atoms with Crippen LogP contribution >= 0.6 is 0 Å². The van der Waals surface area contributed by atoms with E-state index in [9.17, 15) is 18.0 Å². The first-order chi connectivity index (χ1) is 16.1. The minimum absolute atomic E-state index is 0.152. The summed E-state index contributed by atoms with van der Waals surface area (Å²) in [4.78, 5) is 27.3. The third-order valence-corrected chi connectivity index (χ3v) is 6.96. The molecule has 34 heavy (non-hydrogen) atoms. The lowest BCUT2D eigenvalue weighted by atomic mass is 10.1. The van der Waals surface area contributed by atoms with E-state index in [0.29, 0.717) is 31.5 Å². The number of rotatable bonds is 12. The summed E-state index contributed by atoms with van der Waals surface area (Å²) in [5.74, 6) is -0.350. The van der Waals surface area contributed by atoms with Crippen LogP contribution in [0.4, 0.5) is 5.69 Å². The number of likely N-dealkylation sites (N-methyl/N-ethyl adjacent to an activating group) is 1. The predicted octanol–water partition coefficient (Wildman–Crippen LogP) is 3.45. The molecule has 0 bridgehead atoms. The Balaban J connectivity index is 2.15. The van der Waals surface area contributed by atoms with E-state index >= 15 is 0 Å². The van der Waals surface area contributed by atoms with E-state index in [2.05, 4.69) is 5.32 Å². The maximum atomic E-state index is 13.2. The van der Waals surface area contributed by atoms with Crippen LogP contribution in [0.25, 0.3) is 0 Å². The molecule has 1 atom stereocenters. The van der Waals surface area contributed by atoms with Gasteiger partial charge in [0.25, 0.3) is 0 Å². The van der Waals surface area contributed by atoms with Crippen LogP contribution in [-0.2, 0) is 26.0 Å². The molecule has 0 fully saturated rings. The minimum Gasteiger partial charge on any atom is -0.357 e. The maximum Gasteiger partial charge on any atom is 0.242 e. The van der Waals surface area contributed by atoms with Crippen LogP contribution in [0.3, 0.4) is 0 Å². The number of carbonyl (C=O) groups is 2. The van der Waals surface area contributed by atoms with Gasteiger partial charge in [0, 0.05) is 26.6 Å². The van der Waals surface area contributed by atoms with Crippen molar-refractivity contribution in [3.8, 4) is 0 Å². The molecule has 0 heterocycles. The van der Waals surface area contributed by atoms with Gasteiger partial charge in [0.05, 0.1) is 11.9 Å². The molecule has 0 aliphatic heterocycles. The van der Waals surface area contributed by atoms with Crippen molar-refractivity contribution in [1.82, 2.24) is 10.2 Å². The lowest BCUT2D eigenvalue weighted by Crippen LogP contribution is -2.49. The van der Waals surface area contributed by atoms with Crippen molar-refractivity contribution in [1.29, 1.82) is 0 Å². The van der Waals surface area contributed by atoms with Crippen molar-refractivity contribution in [3.63, 3.8) is 0 Å². The summed E-state index contributed by atoms with van der Waals surface area (Å²) in [6, 6.07) is 14.9. The average molecular weight is 488 g/mol. The van der Waals surface area contributed by atoms with Crippen LogP contribution in [0.5, 0.6) is 0 Å². The van der Waals surface area contributed by atoms with Crippen LogP contribution in [-0.4, -0.2) is 57.6 Å². The predicted molar refractivity (Wildman–Crippen MR) is 137 cm³/mol. The van der Waals surface area contributed by atoms with Crippen molar-refractivity contribution in [2.24, 2.45) is 0 Å². The summed E-state index contributed by atoms with van der Waals surface area (Å²) in [7, 11) is -1.94. The first kappa shape index (κ1) is 27.4. The van der Waals surface area contributed by atoms with Gasteiger partial charge in [-0.05, 0) is 61.9 Å². The maximum absolute atomic E-state index is 13.2. The molecule has 2 aromatic rings. The normalized spacial score (nSPS) is 12.1. The Kier molecular flexibility index (Phi) is 10.1. The third-order valence-electron chi connectivity index (χ3n) is 5.76. The number of sulfonamides is 1. The molecule has 186 valence electrons. The molecule has 2 rings (SSSR count). The molecule has 0 saturated heterocycles. The summed E-state index contributed by atoms with van der Waals surface area (Å²) in [5, 5.41) is 2.66. The molecule has 2 aromatic carbocycles. The number of benzene rings is 2. The van der Waals surface area contributed by atoms with Gasteiger partial charge in [-0.3, -0.25) is 13.9 Å². The number of amides is 2. The van der Waals surface area contributed by atoms with E-state index in [1.807, 2.05) is 69.3 Å². The Labute approximate surface area is 204 Å². The molecule has 0 spiro atoms. The summed E-state index contributed by atoms with van der Waals surface area (Å²) in [6.07, 6.45) is 2.82. The summed E-state index contributed by atoms with van der Waals surface area (Å²) >= 11 is 0. The number of hydrogen-bond acceptors (Lipinski definition) is 4. The number of aryl methyl sites for hydroxylation is 2. The molecule has 0 aliphatic rings. The fraction of sp³-hybridized carbons (Fsp3) is 0.462. The van der Waals surface area contributed by atoms with Crippen LogP contribution in [0, 0.1) is 13.8 Å². The highest BCUT2D eigenvalue weighted by Gasteiger charge is 2.28. The number of anilines is 1. The standard InChI is InChI=1S/C26H37N3O4S/c1-6-24(26(31)27-4)28(16-14-22-11-8-7-9-12-22)25(30)13-10-15-29(34(5,32)33)23-18-20(2)17-21(3)19-23/h7-9,11-12,17-19,24H,6,10,13-16H2,1-5H3,(H,27,31). The quantitative estimate of drug-likeness (QED) is 0.497. The summed E-state index contributed by atoms with van der Waals surface area (Å²) in [5.41, 5.74) is 3.64. The Morgan fingerprint density at radius 1 is 1.00 bits per heavy atom. The Morgan fingerprint density at radius 2 is 1.62 bits per heavy atom. The molecule has 0 aromatic heterocycles. The molecule has 7 nitrogen and oxygen atoms in total. The van der Waals surface area contributed by atoms with E-state index in [1.54, 1.807) is 11.9 Å². The second-order valence-corrected chi connectivity index (χ2v) is 10.6. The van der Waals surface area contributed by atoms with Gasteiger partial charge in [0.1, 0.15) is 6.04 Å². The van der Waals surface area contributed by atoms with Gasteiger partial charge >= 0.3 is 0 Å². The van der Waals surface area contributed by atoms with E-state index < -0.39 is 16.1 Å². The van der Waals surface area contributed by atoms with Crippen molar-refractivity contribution < 1.29 is 18.0 Å². The van der Waals surface area contributed by atoms with E-state index in [4.69, 9.17) is 0 Å². The average Bonchev–Trinajstić information content (AvgIpc) is 2.78. The topological polar surface area (TPSA) is 86.8 Å². The van der Waals surface area contributed by atoms with E-state index in [1.165, 1.54) is 10.6 Å². The highest BCUT2D eigenvalue weighted by molar-refractivity contribution is 7.92. The Bertz CT molecular complexity index is 1050. The second kappa shape index (κ2) is 12.6. The molecule has 8 heteroatoms. The number of nitrogens with one attached hydrogen (secondary N) is 1. The lowest BCUT2D eigenvalue weighted by molar-refractivity contribution is -0.140. The largest absolute Gasteiger partial charge is 0.357 e. The molecule has 0 saturated carbocycles. The van der Waals surface area contributed by atoms with Crippen molar-refractivity contribution in [3.05, 3.63) is 65.2 Å². The second-order valence-electron chi connectivity index (χ2n) is 8.65. The van der Waals surface area contributed by atoms with Gasteiger partial charge in [-0.2, -0.15) is 0 Å². The molecular weight excluding hydrogens is 450 g/mol. The first-order valence-corrected chi connectivity index (χ1v) is 13.5. The zero-order valence-corrected chi connectivity index (χ0v) is 21.7. The van der Waals surface area contributed by atoms with E-state index in [-0.39, 0.29) is 24.8 Å². The number of hydrogen-bond donors (Lipinski definition) is 1. The lowest BCUT2D eigenvalue weighted by Gasteiger charge is -2.30. The van der Waals surface area contributed by atoms with Crippen molar-refractivity contribution in [2.45, 2.75) is 52.5 Å². The molecule has 1 N–H and O–H groups in total. The minimum atomic E-state index is -3.51. The van der Waals surface area contributed by atoms with Gasteiger partial charge in [-0.15, -0.1) is 0 Å². The number of nitrogens with zero attached hydrogens (tertiary/aromatic N) is 2. The zero-order chi connectivity index (χ0) is 25.3. The fourth-order valence-corrected chi connectivity index (χ4v) is 5.11. The SMILES string of the molecule is CCC(C(=O)NC)N(CCc1ccccc1)C(=O)CCCN(c1cc(C)cc(C)c1)S(C)(=O)=O. The molecule has 1 unspecified atom stereocenters. The highest BCUT2D eigenvalue weighted by Crippen LogP contribution is 2.22. The Morgan fingerprint density at radius 3 is 2.15 bits per heavy atom. The monoisotopic (exact) mass is 487 g/mol. The van der Waals surface area contributed by atoms with Gasteiger partial charge < -0.3 is 10.2 Å². The molecule has 0 radical (unpaired) electrons. The van der Waals surface area contributed by atoms with Crippen molar-refractivity contribution >= 4 is 27.5 Å². The third kappa shape index (κ3) is 7.87. The van der Waals surface area contributed by atoms with Gasteiger partial charge in [-0.1, -0.05) is 43.3 Å². The van der Waals surface area contributed by atoms with Gasteiger partial charge in [0.15, 0.2) is 0 Å². The first-order valence-electron chi connectivity index (χ1n) is 11.7. The zero-order valence-electron chi connectivity index (χ0n) is 20.9. The smallest absolute Gasteiger partial charge is 0.242 e. The Hall–Kier alpha value is -2.87. The van der Waals surface area contributed by atoms with Gasteiger partial charge in [-0.25, -0.2) is 8.42 Å². The number of carbonyl (C=O) groups excluding carboxylic acids is 2. The summed E-state index contributed by atoms with van der Waals surface area (Å²) < 4.78 is 26.3. The van der Waals surface area contributed by atoms with Crippen LogP contribution < -0.4 is 9.62 Å². The van der Waals surface area contributed by atoms with E-state index in [0.717, 1.165) is 16.7 Å². The summed E-state index contributed by atoms with van der Waals surface area (Å²) in [6.45, 7) is 6.34. The van der Waals surface area contributed by atoms with Crippen LogP contribution in [0.1, 0.15) is 42.9 Å². The van der Waals surface area contributed by atoms with Crippen molar-refractivity contribution in [2.75, 3.05) is 30.7 Å². The van der Waals surface area contributed by atoms with Crippen LogP contribution in [0.2, 0.25) is 0 Å². The van der Waals surface area contributed by atoms with Gasteiger partial charge in [0.2, 0.25) is 21.8 Å². The molecule has 0 aliphatic carbocycles. The van der Waals surface area contributed by atoms with Crippen LogP contribution in [0.15, 0.2) is 48.5 Å². The molecular formula is C26H37N3O4S.